The zero-order chi connectivity index (χ0) is 20.0. The van der Waals surface area contributed by atoms with Crippen molar-refractivity contribution in [2.75, 3.05) is 19.6 Å². The second-order valence-electron chi connectivity index (χ2n) is 6.96. The van der Waals surface area contributed by atoms with E-state index in [-0.39, 0.29) is 36.1 Å². The minimum atomic E-state index is -1.04. The summed E-state index contributed by atoms with van der Waals surface area (Å²) in [4.78, 5) is 39.0. The summed E-state index contributed by atoms with van der Waals surface area (Å²) in [5, 5.41) is 9.04. The standard InChI is InChI=1S/C20H27FN2O4/c1-3-18(15-6-8-16(21)9-7-15)20(27)22-11-4-5-17(10-12-22)23(14(2)24)13-19(25)26/h6-9,17-18H,3-5,10-13H2,1-2H3,(H,25,26). The van der Waals surface area contributed by atoms with Gasteiger partial charge >= 0.3 is 5.97 Å². The third kappa shape index (κ3) is 5.52. The molecule has 0 saturated carbocycles. The van der Waals surface area contributed by atoms with Crippen LogP contribution >= 0.6 is 0 Å². The van der Waals surface area contributed by atoms with E-state index in [2.05, 4.69) is 0 Å². The number of hydrogen-bond acceptors (Lipinski definition) is 3. The molecule has 0 spiro atoms. The Morgan fingerprint density at radius 3 is 2.44 bits per heavy atom. The van der Waals surface area contributed by atoms with Crippen LogP contribution in [0, 0.1) is 5.82 Å². The number of hydrogen-bond donors (Lipinski definition) is 1. The van der Waals surface area contributed by atoms with Gasteiger partial charge in [-0.25, -0.2) is 4.39 Å². The van der Waals surface area contributed by atoms with Crippen molar-refractivity contribution in [1.82, 2.24) is 9.80 Å². The van der Waals surface area contributed by atoms with E-state index in [4.69, 9.17) is 5.11 Å². The highest BCUT2D eigenvalue weighted by Crippen LogP contribution is 2.25. The van der Waals surface area contributed by atoms with Crippen LogP contribution in [0.4, 0.5) is 4.39 Å². The number of carbonyl (C=O) groups excluding carboxylic acids is 2. The van der Waals surface area contributed by atoms with Crippen LogP contribution in [0.15, 0.2) is 24.3 Å². The monoisotopic (exact) mass is 378 g/mol. The maximum atomic E-state index is 13.2. The van der Waals surface area contributed by atoms with Gasteiger partial charge in [-0.1, -0.05) is 19.1 Å². The molecule has 1 N–H and O–H groups in total. The third-order valence-electron chi connectivity index (χ3n) is 5.14. The molecule has 1 aromatic rings. The first-order valence-corrected chi connectivity index (χ1v) is 9.36. The molecule has 0 radical (unpaired) electrons. The molecule has 2 rings (SSSR count). The van der Waals surface area contributed by atoms with E-state index in [1.807, 2.05) is 6.92 Å². The molecule has 1 heterocycles. The SMILES string of the molecule is CCC(C(=O)N1CCCC(N(CC(=O)O)C(C)=O)CC1)c1ccc(F)cc1. The molecule has 0 bridgehead atoms. The van der Waals surface area contributed by atoms with Crippen molar-refractivity contribution in [3.63, 3.8) is 0 Å². The van der Waals surface area contributed by atoms with Gasteiger partial charge in [0.15, 0.2) is 0 Å². The quantitative estimate of drug-likeness (QED) is 0.825. The molecular weight excluding hydrogens is 351 g/mol. The normalized spacial score (nSPS) is 18.5. The molecule has 27 heavy (non-hydrogen) atoms. The van der Waals surface area contributed by atoms with Crippen LogP contribution in [-0.2, 0) is 14.4 Å². The van der Waals surface area contributed by atoms with Crippen molar-refractivity contribution in [2.45, 2.75) is 51.5 Å². The van der Waals surface area contributed by atoms with Gasteiger partial charge in [0.1, 0.15) is 12.4 Å². The first-order chi connectivity index (χ1) is 12.8. The molecule has 0 aliphatic carbocycles. The largest absolute Gasteiger partial charge is 0.480 e. The summed E-state index contributed by atoms with van der Waals surface area (Å²) in [6.07, 6.45) is 2.55. The first kappa shape index (κ1) is 20.9. The van der Waals surface area contributed by atoms with E-state index in [1.165, 1.54) is 24.0 Å². The minimum absolute atomic E-state index is 0.00244. The Labute approximate surface area is 158 Å². The summed E-state index contributed by atoms with van der Waals surface area (Å²) in [6.45, 7) is 4.03. The molecule has 0 aromatic heterocycles. The van der Waals surface area contributed by atoms with Gasteiger partial charge in [-0.15, -0.1) is 0 Å². The lowest BCUT2D eigenvalue weighted by Crippen LogP contribution is -2.43. The van der Waals surface area contributed by atoms with Crippen LogP contribution in [0.25, 0.3) is 0 Å². The highest BCUT2D eigenvalue weighted by Gasteiger charge is 2.30. The summed E-state index contributed by atoms with van der Waals surface area (Å²) < 4.78 is 13.2. The van der Waals surface area contributed by atoms with Crippen molar-refractivity contribution in [3.8, 4) is 0 Å². The highest BCUT2D eigenvalue weighted by molar-refractivity contribution is 5.84. The summed E-state index contributed by atoms with van der Waals surface area (Å²) in [5.74, 6) is -1.96. The average molecular weight is 378 g/mol. The molecule has 2 amide bonds. The van der Waals surface area contributed by atoms with Gasteiger partial charge in [0, 0.05) is 26.1 Å². The van der Waals surface area contributed by atoms with Gasteiger partial charge < -0.3 is 14.9 Å². The fraction of sp³-hybridized carbons (Fsp3) is 0.550. The van der Waals surface area contributed by atoms with Gasteiger partial charge in [0.05, 0.1) is 5.92 Å². The second-order valence-corrected chi connectivity index (χ2v) is 6.96. The number of rotatable bonds is 6. The maximum absolute atomic E-state index is 13.2. The van der Waals surface area contributed by atoms with Gasteiger partial charge in [-0.3, -0.25) is 14.4 Å². The summed E-state index contributed by atoms with van der Waals surface area (Å²) in [5.41, 5.74) is 0.793. The second kappa shape index (κ2) is 9.48. The van der Waals surface area contributed by atoms with Crippen molar-refractivity contribution < 1.29 is 23.9 Å². The topological polar surface area (TPSA) is 77.9 Å². The predicted molar refractivity (Wildman–Crippen MR) is 98.7 cm³/mol. The van der Waals surface area contributed by atoms with Gasteiger partial charge in [-0.05, 0) is 43.4 Å². The van der Waals surface area contributed by atoms with E-state index in [9.17, 15) is 18.8 Å². The van der Waals surface area contributed by atoms with Crippen molar-refractivity contribution in [2.24, 2.45) is 0 Å². The Morgan fingerprint density at radius 1 is 1.22 bits per heavy atom. The van der Waals surface area contributed by atoms with Crippen LogP contribution in [0.3, 0.4) is 0 Å². The van der Waals surface area contributed by atoms with E-state index in [0.717, 1.165) is 5.56 Å². The number of carboxylic acids is 1. The number of nitrogens with zero attached hydrogens (tertiary/aromatic N) is 2. The zero-order valence-corrected chi connectivity index (χ0v) is 15.9. The number of benzene rings is 1. The van der Waals surface area contributed by atoms with Crippen LogP contribution in [0.2, 0.25) is 0 Å². The molecule has 1 aliphatic heterocycles. The lowest BCUT2D eigenvalue weighted by molar-refractivity contribution is -0.145. The lowest BCUT2D eigenvalue weighted by atomic mass is 9.95. The fourth-order valence-corrected chi connectivity index (χ4v) is 3.72. The Kier molecular flexibility index (Phi) is 7.33. The lowest BCUT2D eigenvalue weighted by Gasteiger charge is -2.29. The van der Waals surface area contributed by atoms with E-state index >= 15 is 0 Å². The van der Waals surface area contributed by atoms with E-state index < -0.39 is 5.97 Å². The molecule has 1 aliphatic rings. The number of carbonyl (C=O) groups is 3. The zero-order valence-electron chi connectivity index (χ0n) is 15.9. The van der Waals surface area contributed by atoms with Gasteiger partial charge in [-0.2, -0.15) is 0 Å². The third-order valence-corrected chi connectivity index (χ3v) is 5.14. The van der Waals surface area contributed by atoms with Crippen molar-refractivity contribution in [1.29, 1.82) is 0 Å². The number of halogens is 1. The Hall–Kier alpha value is -2.44. The average Bonchev–Trinajstić information content (AvgIpc) is 2.87. The molecule has 7 heteroatoms. The van der Waals surface area contributed by atoms with Crippen LogP contribution < -0.4 is 0 Å². The summed E-state index contributed by atoms with van der Waals surface area (Å²) in [7, 11) is 0. The minimum Gasteiger partial charge on any atom is -0.480 e. The van der Waals surface area contributed by atoms with E-state index in [0.29, 0.717) is 38.8 Å². The molecular formula is C20H27FN2O4. The summed E-state index contributed by atoms with van der Waals surface area (Å²) >= 11 is 0. The molecule has 6 nitrogen and oxygen atoms in total. The Morgan fingerprint density at radius 2 is 1.89 bits per heavy atom. The summed E-state index contributed by atoms with van der Waals surface area (Å²) in [6, 6.07) is 5.83. The predicted octanol–water partition coefficient (Wildman–Crippen LogP) is 2.63. The van der Waals surface area contributed by atoms with Crippen LogP contribution in [0.5, 0.6) is 0 Å². The molecule has 2 unspecified atom stereocenters. The maximum Gasteiger partial charge on any atom is 0.323 e. The Balaban J connectivity index is 2.07. The molecule has 2 atom stereocenters. The number of likely N-dealkylation sites (tertiary alicyclic amines) is 1. The van der Waals surface area contributed by atoms with Gasteiger partial charge in [0.2, 0.25) is 11.8 Å². The number of carboxylic acid groups (broad SMARTS) is 1. The number of amides is 2. The fourth-order valence-electron chi connectivity index (χ4n) is 3.72. The molecule has 148 valence electrons. The molecule has 1 saturated heterocycles. The molecule has 1 aromatic carbocycles. The van der Waals surface area contributed by atoms with Crippen LogP contribution in [-0.4, -0.2) is 58.4 Å². The molecule has 1 fully saturated rings. The van der Waals surface area contributed by atoms with E-state index in [1.54, 1.807) is 17.0 Å². The van der Waals surface area contributed by atoms with Crippen molar-refractivity contribution >= 4 is 17.8 Å². The number of aliphatic carboxylic acids is 1. The Bertz CT molecular complexity index is 677. The first-order valence-electron chi connectivity index (χ1n) is 9.36. The van der Waals surface area contributed by atoms with Gasteiger partial charge in [0.25, 0.3) is 0 Å². The highest BCUT2D eigenvalue weighted by atomic mass is 19.1. The van der Waals surface area contributed by atoms with Crippen molar-refractivity contribution in [3.05, 3.63) is 35.6 Å². The smallest absolute Gasteiger partial charge is 0.323 e. The van der Waals surface area contributed by atoms with Crippen LogP contribution in [0.1, 0.15) is 51.0 Å².